The molecule has 1 aromatic rings. The standard InChI is InChI=1S/C12H14FN3O5/c1-12(2,3)21-11(18)15-14-10(17)7-4-5-8(13)9(6-7)16(19)20/h4-6H,1-3H3,(H,14,17)(H,15,18). The lowest BCUT2D eigenvalue weighted by molar-refractivity contribution is -0.387. The number of nitrogens with zero attached hydrogens (tertiary/aromatic N) is 1. The number of amides is 2. The first kappa shape index (κ1) is 16.3. The van der Waals surface area contributed by atoms with Crippen LogP contribution in [0.2, 0.25) is 0 Å². The molecule has 0 fully saturated rings. The maximum absolute atomic E-state index is 13.1. The van der Waals surface area contributed by atoms with Crippen molar-refractivity contribution in [2.75, 3.05) is 0 Å². The molecule has 0 aliphatic carbocycles. The van der Waals surface area contributed by atoms with Crippen molar-refractivity contribution in [3.63, 3.8) is 0 Å². The molecule has 0 aromatic heterocycles. The lowest BCUT2D eigenvalue weighted by atomic mass is 10.2. The average Bonchev–Trinajstić information content (AvgIpc) is 2.34. The molecule has 114 valence electrons. The predicted octanol–water partition coefficient (Wildman–Crippen LogP) is 1.90. The van der Waals surface area contributed by atoms with E-state index >= 15 is 0 Å². The van der Waals surface area contributed by atoms with Gasteiger partial charge in [-0.15, -0.1) is 0 Å². The highest BCUT2D eigenvalue weighted by atomic mass is 19.1. The Morgan fingerprint density at radius 1 is 1.29 bits per heavy atom. The fraction of sp³-hybridized carbons (Fsp3) is 0.333. The number of carbonyl (C=O) groups excluding carboxylic acids is 2. The van der Waals surface area contributed by atoms with E-state index in [4.69, 9.17) is 4.74 Å². The van der Waals surface area contributed by atoms with Crippen LogP contribution in [0, 0.1) is 15.9 Å². The average molecular weight is 299 g/mol. The minimum atomic E-state index is -1.06. The number of rotatable bonds is 2. The van der Waals surface area contributed by atoms with Gasteiger partial charge < -0.3 is 4.74 Å². The summed E-state index contributed by atoms with van der Waals surface area (Å²) in [5.74, 6) is -1.90. The second-order valence-electron chi connectivity index (χ2n) is 5.00. The highest BCUT2D eigenvalue weighted by molar-refractivity contribution is 5.95. The van der Waals surface area contributed by atoms with E-state index in [0.717, 1.165) is 18.2 Å². The van der Waals surface area contributed by atoms with Crippen LogP contribution in [-0.2, 0) is 4.74 Å². The van der Waals surface area contributed by atoms with E-state index < -0.39 is 34.0 Å². The normalized spacial score (nSPS) is 10.7. The molecule has 2 amide bonds. The summed E-state index contributed by atoms with van der Waals surface area (Å²) >= 11 is 0. The highest BCUT2D eigenvalue weighted by Gasteiger charge is 2.19. The highest BCUT2D eigenvalue weighted by Crippen LogP contribution is 2.18. The van der Waals surface area contributed by atoms with E-state index in [1.165, 1.54) is 0 Å². The molecule has 9 heteroatoms. The van der Waals surface area contributed by atoms with Gasteiger partial charge in [-0.25, -0.2) is 10.2 Å². The van der Waals surface area contributed by atoms with Crippen LogP contribution < -0.4 is 10.9 Å². The van der Waals surface area contributed by atoms with Crippen molar-refractivity contribution in [3.05, 3.63) is 39.7 Å². The summed E-state index contributed by atoms with van der Waals surface area (Å²) in [4.78, 5) is 32.6. The number of hydrazine groups is 1. The number of carbonyl (C=O) groups is 2. The van der Waals surface area contributed by atoms with Gasteiger partial charge in [0.05, 0.1) is 4.92 Å². The number of nitro benzene ring substituents is 1. The van der Waals surface area contributed by atoms with Crippen LogP contribution in [0.3, 0.4) is 0 Å². The number of halogens is 1. The Labute approximate surface area is 119 Å². The van der Waals surface area contributed by atoms with Crippen LogP contribution in [0.1, 0.15) is 31.1 Å². The van der Waals surface area contributed by atoms with Crippen LogP contribution in [0.15, 0.2) is 18.2 Å². The summed E-state index contributed by atoms with van der Waals surface area (Å²) in [5, 5.41) is 10.6. The van der Waals surface area contributed by atoms with Crippen molar-refractivity contribution in [1.82, 2.24) is 10.9 Å². The molecule has 0 radical (unpaired) electrons. The van der Waals surface area contributed by atoms with Crippen molar-refractivity contribution >= 4 is 17.7 Å². The van der Waals surface area contributed by atoms with Gasteiger partial charge >= 0.3 is 11.8 Å². The molecule has 0 aliphatic rings. The van der Waals surface area contributed by atoms with Crippen LogP contribution in [0.5, 0.6) is 0 Å². The SMILES string of the molecule is CC(C)(C)OC(=O)NNC(=O)c1ccc(F)c([N+](=O)[O-])c1. The first-order valence-electron chi connectivity index (χ1n) is 5.83. The Bertz CT molecular complexity index is 583. The fourth-order valence-electron chi connectivity index (χ4n) is 1.28. The Hall–Kier alpha value is -2.71. The molecular formula is C12H14FN3O5. The van der Waals surface area contributed by atoms with Gasteiger partial charge in [-0.1, -0.05) is 0 Å². The largest absolute Gasteiger partial charge is 0.443 e. The molecule has 21 heavy (non-hydrogen) atoms. The molecule has 1 rings (SSSR count). The lowest BCUT2D eigenvalue weighted by Crippen LogP contribution is -2.44. The van der Waals surface area contributed by atoms with Gasteiger partial charge in [0, 0.05) is 11.6 Å². The number of benzene rings is 1. The quantitative estimate of drug-likeness (QED) is 0.640. The van der Waals surface area contributed by atoms with Crippen LogP contribution in [0.4, 0.5) is 14.9 Å². The van der Waals surface area contributed by atoms with Gasteiger partial charge in [0.25, 0.3) is 5.91 Å². The molecule has 0 heterocycles. The minimum absolute atomic E-state index is 0.181. The van der Waals surface area contributed by atoms with Crippen molar-refractivity contribution < 1.29 is 23.6 Å². The Kier molecular flexibility index (Phi) is 4.79. The van der Waals surface area contributed by atoms with E-state index in [-0.39, 0.29) is 5.56 Å². The zero-order chi connectivity index (χ0) is 16.2. The predicted molar refractivity (Wildman–Crippen MR) is 69.9 cm³/mol. The zero-order valence-corrected chi connectivity index (χ0v) is 11.6. The van der Waals surface area contributed by atoms with Gasteiger partial charge in [-0.3, -0.25) is 20.3 Å². The Morgan fingerprint density at radius 3 is 2.43 bits per heavy atom. The van der Waals surface area contributed by atoms with Crippen LogP contribution in [-0.4, -0.2) is 22.5 Å². The second kappa shape index (κ2) is 6.16. The molecule has 0 atom stereocenters. The Balaban J connectivity index is 2.71. The molecular weight excluding hydrogens is 285 g/mol. The monoisotopic (exact) mass is 299 g/mol. The van der Waals surface area contributed by atoms with Gasteiger partial charge in [0.2, 0.25) is 5.82 Å². The first-order chi connectivity index (χ1) is 9.60. The van der Waals surface area contributed by atoms with Crippen molar-refractivity contribution in [2.45, 2.75) is 26.4 Å². The summed E-state index contributed by atoms with van der Waals surface area (Å²) in [7, 11) is 0. The molecule has 0 saturated carbocycles. The van der Waals surface area contributed by atoms with Gasteiger partial charge in [-0.2, -0.15) is 4.39 Å². The molecule has 1 aromatic carbocycles. The summed E-state index contributed by atoms with van der Waals surface area (Å²) in [6, 6.07) is 2.61. The molecule has 2 N–H and O–H groups in total. The summed E-state index contributed by atoms with van der Waals surface area (Å²) < 4.78 is 18.0. The van der Waals surface area contributed by atoms with E-state index in [9.17, 15) is 24.1 Å². The van der Waals surface area contributed by atoms with Crippen molar-refractivity contribution in [2.24, 2.45) is 0 Å². The van der Waals surface area contributed by atoms with Crippen LogP contribution >= 0.6 is 0 Å². The summed E-state index contributed by atoms with van der Waals surface area (Å²) in [5.41, 5.74) is 2.21. The first-order valence-corrected chi connectivity index (χ1v) is 5.83. The van der Waals surface area contributed by atoms with Crippen molar-refractivity contribution in [3.8, 4) is 0 Å². The Morgan fingerprint density at radius 2 is 1.90 bits per heavy atom. The molecule has 0 unspecified atom stereocenters. The molecule has 0 aliphatic heterocycles. The number of nitro groups is 1. The molecule has 0 saturated heterocycles. The number of hydrogen-bond acceptors (Lipinski definition) is 5. The maximum Gasteiger partial charge on any atom is 0.426 e. The fourth-order valence-corrected chi connectivity index (χ4v) is 1.28. The summed E-state index contributed by atoms with van der Waals surface area (Å²) in [6.07, 6.45) is -0.896. The molecule has 8 nitrogen and oxygen atoms in total. The maximum atomic E-state index is 13.1. The van der Waals surface area contributed by atoms with Gasteiger partial charge in [0.15, 0.2) is 0 Å². The number of hydrogen-bond donors (Lipinski definition) is 2. The van der Waals surface area contributed by atoms with Gasteiger partial charge in [0.1, 0.15) is 5.60 Å². The van der Waals surface area contributed by atoms with E-state index in [2.05, 4.69) is 0 Å². The van der Waals surface area contributed by atoms with Gasteiger partial charge in [-0.05, 0) is 32.9 Å². The third-order valence-corrected chi connectivity index (χ3v) is 2.08. The smallest absolute Gasteiger partial charge is 0.426 e. The van der Waals surface area contributed by atoms with E-state index in [1.807, 2.05) is 10.9 Å². The zero-order valence-electron chi connectivity index (χ0n) is 11.6. The minimum Gasteiger partial charge on any atom is -0.443 e. The third kappa shape index (κ3) is 5.05. The molecule has 0 bridgehead atoms. The van der Waals surface area contributed by atoms with E-state index in [0.29, 0.717) is 0 Å². The topological polar surface area (TPSA) is 111 Å². The van der Waals surface area contributed by atoms with Crippen LogP contribution in [0.25, 0.3) is 0 Å². The summed E-state index contributed by atoms with van der Waals surface area (Å²) in [6.45, 7) is 4.91. The van der Waals surface area contributed by atoms with E-state index in [1.54, 1.807) is 20.8 Å². The number of nitrogens with one attached hydrogen (secondary N) is 2. The van der Waals surface area contributed by atoms with Crippen molar-refractivity contribution in [1.29, 1.82) is 0 Å². The molecule has 0 spiro atoms. The lowest BCUT2D eigenvalue weighted by Gasteiger charge is -2.19. The third-order valence-electron chi connectivity index (χ3n) is 2.08. The number of ether oxygens (including phenoxy) is 1. The second-order valence-corrected chi connectivity index (χ2v) is 5.00.